The third-order valence-electron chi connectivity index (χ3n) is 2.44. The molecule has 0 aliphatic heterocycles. The number of thiazole rings is 1. The Bertz CT molecular complexity index is 559. The number of rotatable bonds is 5. The van der Waals surface area contributed by atoms with Crippen LogP contribution in [0.5, 0.6) is 0 Å². The maximum Gasteiger partial charge on any atom is 0.255 e. The van der Waals surface area contributed by atoms with Crippen LogP contribution >= 0.6 is 11.3 Å². The van der Waals surface area contributed by atoms with E-state index in [-0.39, 0.29) is 11.5 Å². The monoisotopic (exact) mass is 280 g/mol. The molecule has 0 saturated carbocycles. The molecular weight excluding hydrogens is 267 g/mol. The molecule has 0 aliphatic carbocycles. The first kappa shape index (κ1) is 13.4. The van der Waals surface area contributed by atoms with Gasteiger partial charge >= 0.3 is 0 Å². The summed E-state index contributed by atoms with van der Waals surface area (Å²) in [5.41, 5.74) is 0.196. The van der Waals surface area contributed by atoms with E-state index in [0.29, 0.717) is 18.8 Å². The molecule has 0 unspecified atom stereocenters. The summed E-state index contributed by atoms with van der Waals surface area (Å²) in [5.74, 6) is -0.537. The van der Waals surface area contributed by atoms with Crippen molar-refractivity contribution in [2.45, 2.75) is 6.42 Å². The minimum absolute atomic E-state index is 0.196. The third-order valence-corrected chi connectivity index (χ3v) is 3.28. The van der Waals surface area contributed by atoms with Crippen LogP contribution in [-0.2, 0) is 6.42 Å². The van der Waals surface area contributed by atoms with Crippen molar-refractivity contribution in [2.75, 3.05) is 18.9 Å². The smallest absolute Gasteiger partial charge is 0.255 e. The average molecular weight is 280 g/mol. The van der Waals surface area contributed by atoms with Crippen LogP contribution in [0.3, 0.4) is 0 Å². The number of hydrogen-bond donors (Lipinski definition) is 2. The van der Waals surface area contributed by atoms with Gasteiger partial charge in [-0.25, -0.2) is 14.4 Å². The van der Waals surface area contributed by atoms with E-state index in [4.69, 9.17) is 0 Å². The number of anilines is 1. The first-order valence-electron chi connectivity index (χ1n) is 5.70. The van der Waals surface area contributed by atoms with Crippen molar-refractivity contribution in [3.63, 3.8) is 0 Å². The largest absolute Gasteiger partial charge is 0.372 e. The standard InChI is InChI=1S/C12H13FN4OS/c1-14-11-9(6-8(13)7-17-11)12(18)16-3-2-10-15-4-5-19-10/h4-7H,2-3H2,1H3,(H,14,17)(H,16,18). The lowest BCUT2D eigenvalue weighted by Crippen LogP contribution is -2.26. The quantitative estimate of drug-likeness (QED) is 0.874. The lowest BCUT2D eigenvalue weighted by Gasteiger charge is -2.08. The minimum atomic E-state index is -0.538. The van der Waals surface area contributed by atoms with Crippen molar-refractivity contribution in [2.24, 2.45) is 0 Å². The minimum Gasteiger partial charge on any atom is -0.372 e. The van der Waals surface area contributed by atoms with E-state index in [0.717, 1.165) is 17.3 Å². The van der Waals surface area contributed by atoms with Crippen LogP contribution < -0.4 is 10.6 Å². The Kier molecular flexibility index (Phi) is 4.40. The van der Waals surface area contributed by atoms with Gasteiger partial charge in [0.15, 0.2) is 0 Å². The van der Waals surface area contributed by atoms with Gasteiger partial charge in [-0.1, -0.05) is 0 Å². The van der Waals surface area contributed by atoms with Gasteiger partial charge in [0.2, 0.25) is 0 Å². The second-order valence-electron chi connectivity index (χ2n) is 3.73. The zero-order valence-electron chi connectivity index (χ0n) is 10.3. The van der Waals surface area contributed by atoms with Crippen LogP contribution in [0.2, 0.25) is 0 Å². The summed E-state index contributed by atoms with van der Waals surface area (Å²) in [6.45, 7) is 0.450. The fraction of sp³-hybridized carbons (Fsp3) is 0.250. The molecule has 2 N–H and O–H groups in total. The van der Waals surface area contributed by atoms with E-state index >= 15 is 0 Å². The van der Waals surface area contributed by atoms with Gasteiger partial charge < -0.3 is 10.6 Å². The predicted octanol–water partition coefficient (Wildman–Crippen LogP) is 1.69. The number of halogens is 1. The topological polar surface area (TPSA) is 66.9 Å². The maximum absolute atomic E-state index is 13.1. The summed E-state index contributed by atoms with van der Waals surface area (Å²) < 4.78 is 13.1. The molecule has 2 heterocycles. The zero-order valence-corrected chi connectivity index (χ0v) is 11.1. The van der Waals surface area contributed by atoms with Crippen molar-refractivity contribution in [1.29, 1.82) is 0 Å². The summed E-state index contributed by atoms with van der Waals surface area (Å²) in [5, 5.41) is 8.31. The molecule has 0 spiro atoms. The molecule has 0 aliphatic rings. The molecule has 0 fully saturated rings. The summed E-state index contributed by atoms with van der Waals surface area (Å²) in [6.07, 6.45) is 3.44. The lowest BCUT2D eigenvalue weighted by molar-refractivity contribution is 0.0954. The number of nitrogens with zero attached hydrogens (tertiary/aromatic N) is 2. The van der Waals surface area contributed by atoms with Crippen LogP contribution in [-0.4, -0.2) is 29.5 Å². The fourth-order valence-electron chi connectivity index (χ4n) is 1.57. The Labute approximate surface area is 113 Å². The summed E-state index contributed by atoms with van der Waals surface area (Å²) in [6, 6.07) is 1.16. The average Bonchev–Trinajstić information content (AvgIpc) is 2.91. The fourth-order valence-corrected chi connectivity index (χ4v) is 2.19. The molecule has 2 aromatic rings. The molecule has 7 heteroatoms. The van der Waals surface area contributed by atoms with Crippen molar-refractivity contribution >= 4 is 23.1 Å². The van der Waals surface area contributed by atoms with Crippen LogP contribution in [0.15, 0.2) is 23.8 Å². The molecule has 0 aromatic carbocycles. The van der Waals surface area contributed by atoms with Gasteiger partial charge in [-0.3, -0.25) is 4.79 Å². The highest BCUT2D eigenvalue weighted by Crippen LogP contribution is 2.12. The highest BCUT2D eigenvalue weighted by atomic mass is 32.1. The number of pyridine rings is 1. The molecule has 0 atom stereocenters. The van der Waals surface area contributed by atoms with Gasteiger partial charge in [-0.05, 0) is 6.07 Å². The van der Waals surface area contributed by atoms with Crippen molar-refractivity contribution < 1.29 is 9.18 Å². The number of aromatic nitrogens is 2. The zero-order chi connectivity index (χ0) is 13.7. The Hall–Kier alpha value is -2.02. The van der Waals surface area contributed by atoms with Gasteiger partial charge in [0.05, 0.1) is 16.8 Å². The first-order chi connectivity index (χ1) is 9.20. The van der Waals surface area contributed by atoms with Crippen molar-refractivity contribution in [3.8, 4) is 0 Å². The van der Waals surface area contributed by atoms with Gasteiger partial charge in [0.1, 0.15) is 11.6 Å². The van der Waals surface area contributed by atoms with Gasteiger partial charge in [-0.15, -0.1) is 11.3 Å². The van der Waals surface area contributed by atoms with Crippen LogP contribution in [0.1, 0.15) is 15.4 Å². The Morgan fingerprint density at radius 2 is 2.32 bits per heavy atom. The summed E-state index contributed by atoms with van der Waals surface area (Å²) in [7, 11) is 1.63. The number of carbonyl (C=O) groups is 1. The SMILES string of the molecule is CNc1ncc(F)cc1C(=O)NCCc1nccs1. The van der Waals surface area contributed by atoms with E-state index in [1.54, 1.807) is 13.2 Å². The number of carbonyl (C=O) groups excluding carboxylic acids is 1. The van der Waals surface area contributed by atoms with Crippen LogP contribution in [0.4, 0.5) is 10.2 Å². The van der Waals surface area contributed by atoms with Crippen LogP contribution in [0, 0.1) is 5.82 Å². The highest BCUT2D eigenvalue weighted by molar-refractivity contribution is 7.09. The second kappa shape index (κ2) is 6.24. The molecule has 0 bridgehead atoms. The van der Waals surface area contributed by atoms with Gasteiger partial charge in [0, 0.05) is 31.6 Å². The third kappa shape index (κ3) is 3.47. The van der Waals surface area contributed by atoms with Crippen LogP contribution in [0.25, 0.3) is 0 Å². The molecule has 19 heavy (non-hydrogen) atoms. The Morgan fingerprint density at radius 1 is 1.47 bits per heavy atom. The molecule has 100 valence electrons. The number of nitrogens with one attached hydrogen (secondary N) is 2. The summed E-state index contributed by atoms with van der Waals surface area (Å²) in [4.78, 5) is 19.9. The molecule has 0 saturated heterocycles. The Morgan fingerprint density at radius 3 is 3.00 bits per heavy atom. The second-order valence-corrected chi connectivity index (χ2v) is 4.71. The van der Waals surface area contributed by atoms with Gasteiger partial charge in [-0.2, -0.15) is 0 Å². The lowest BCUT2D eigenvalue weighted by atomic mass is 10.2. The molecule has 2 rings (SSSR count). The van der Waals surface area contributed by atoms with E-state index < -0.39 is 5.82 Å². The van der Waals surface area contributed by atoms with E-state index in [2.05, 4.69) is 20.6 Å². The molecular formula is C12H13FN4OS. The van der Waals surface area contributed by atoms with Gasteiger partial charge in [0.25, 0.3) is 5.91 Å². The first-order valence-corrected chi connectivity index (χ1v) is 6.58. The maximum atomic E-state index is 13.1. The van der Waals surface area contributed by atoms with E-state index in [1.807, 2.05) is 5.38 Å². The Balaban J connectivity index is 1.97. The highest BCUT2D eigenvalue weighted by Gasteiger charge is 2.12. The van der Waals surface area contributed by atoms with Crippen molar-refractivity contribution in [3.05, 3.63) is 40.2 Å². The van der Waals surface area contributed by atoms with E-state index in [1.165, 1.54) is 11.3 Å². The van der Waals surface area contributed by atoms with Crippen molar-refractivity contribution in [1.82, 2.24) is 15.3 Å². The normalized spacial score (nSPS) is 10.2. The summed E-state index contributed by atoms with van der Waals surface area (Å²) >= 11 is 1.53. The predicted molar refractivity (Wildman–Crippen MR) is 71.9 cm³/mol. The molecule has 5 nitrogen and oxygen atoms in total. The number of hydrogen-bond acceptors (Lipinski definition) is 5. The van der Waals surface area contributed by atoms with E-state index in [9.17, 15) is 9.18 Å². The number of amides is 1. The molecule has 0 radical (unpaired) electrons. The molecule has 1 amide bonds. The molecule has 2 aromatic heterocycles.